The number of fused-ring (bicyclic) bond motifs is 1. The number of nitrogens with zero attached hydrogens (tertiary/aromatic N) is 1. The van der Waals surface area contributed by atoms with Crippen molar-refractivity contribution in [2.75, 3.05) is 0 Å². The topological polar surface area (TPSA) is 113 Å². The zero-order chi connectivity index (χ0) is 20.3. The molecule has 0 bridgehead atoms. The molecule has 0 spiro atoms. The van der Waals surface area contributed by atoms with Crippen LogP contribution in [-0.4, -0.2) is 21.9 Å². The monoisotopic (exact) mass is 434 g/mol. The lowest BCUT2D eigenvalue weighted by Gasteiger charge is -2.10. The van der Waals surface area contributed by atoms with E-state index in [1.165, 1.54) is 35.6 Å². The second-order valence-corrected chi connectivity index (χ2v) is 7.25. The first-order valence-electron chi connectivity index (χ1n) is 7.70. The summed E-state index contributed by atoms with van der Waals surface area (Å²) in [6.45, 7) is 0. The molecule has 0 radical (unpaired) electrons. The predicted octanol–water partition coefficient (Wildman–Crippen LogP) is 3.41. The highest BCUT2D eigenvalue weighted by molar-refractivity contribution is 7.80. The molecule has 2 amide bonds. The standard InChI is InChI=1S/C17H11ClN4O4S2/c18-13-11-3-1-2-4-12(11)28-14(13)16(24)19-17(27)21-20-15(23)9-5-7-10(8-6-9)22(25)26/h1-8H,(H,20,23)(H2,19,21,24,27). The number of nitro benzene ring substituents is 1. The largest absolute Gasteiger partial charge is 0.297 e. The molecule has 0 fully saturated rings. The molecule has 1 aromatic heterocycles. The number of amides is 2. The van der Waals surface area contributed by atoms with Crippen molar-refractivity contribution in [1.82, 2.24) is 16.2 Å². The molecule has 0 aliphatic carbocycles. The number of halogens is 1. The summed E-state index contributed by atoms with van der Waals surface area (Å²) in [5.74, 6) is -1.08. The molecule has 2 aromatic carbocycles. The van der Waals surface area contributed by atoms with Gasteiger partial charge in [0, 0.05) is 27.8 Å². The molecule has 28 heavy (non-hydrogen) atoms. The number of nitrogens with one attached hydrogen (secondary N) is 3. The minimum atomic E-state index is -0.577. The van der Waals surface area contributed by atoms with Crippen LogP contribution in [0.25, 0.3) is 10.1 Å². The van der Waals surface area contributed by atoms with Gasteiger partial charge in [-0.2, -0.15) is 0 Å². The van der Waals surface area contributed by atoms with E-state index in [4.69, 9.17) is 23.8 Å². The smallest absolute Gasteiger partial charge is 0.269 e. The predicted molar refractivity (Wildman–Crippen MR) is 111 cm³/mol. The van der Waals surface area contributed by atoms with Crippen LogP contribution in [0, 0.1) is 10.1 Å². The lowest BCUT2D eigenvalue weighted by atomic mass is 10.2. The molecule has 0 atom stereocenters. The Bertz CT molecular complexity index is 1100. The maximum absolute atomic E-state index is 12.4. The molecule has 1 heterocycles. The Balaban J connectivity index is 1.58. The van der Waals surface area contributed by atoms with Gasteiger partial charge in [-0.3, -0.25) is 35.9 Å². The zero-order valence-electron chi connectivity index (χ0n) is 13.9. The average Bonchev–Trinajstić information content (AvgIpc) is 3.03. The van der Waals surface area contributed by atoms with Crippen molar-refractivity contribution < 1.29 is 14.5 Å². The summed E-state index contributed by atoms with van der Waals surface area (Å²) < 4.78 is 0.864. The van der Waals surface area contributed by atoms with E-state index in [9.17, 15) is 19.7 Å². The number of rotatable bonds is 3. The van der Waals surface area contributed by atoms with E-state index in [2.05, 4.69) is 16.2 Å². The summed E-state index contributed by atoms with van der Waals surface area (Å²) in [6, 6.07) is 12.3. The second kappa shape index (κ2) is 8.30. The van der Waals surface area contributed by atoms with Crippen LogP contribution in [0.5, 0.6) is 0 Å². The van der Waals surface area contributed by atoms with Gasteiger partial charge in [0.05, 0.1) is 9.95 Å². The van der Waals surface area contributed by atoms with Crippen LogP contribution in [0.1, 0.15) is 20.0 Å². The highest BCUT2D eigenvalue weighted by atomic mass is 35.5. The average molecular weight is 435 g/mol. The normalized spacial score (nSPS) is 10.3. The molecule has 0 aliphatic heterocycles. The van der Waals surface area contributed by atoms with Gasteiger partial charge in [0.1, 0.15) is 4.88 Å². The number of carbonyl (C=O) groups is 2. The van der Waals surface area contributed by atoms with Crippen molar-refractivity contribution in [3.05, 3.63) is 74.1 Å². The van der Waals surface area contributed by atoms with E-state index in [1.807, 2.05) is 24.3 Å². The number of hydrogen-bond acceptors (Lipinski definition) is 6. The minimum Gasteiger partial charge on any atom is -0.297 e. The first kappa shape index (κ1) is 19.7. The third-order valence-corrected chi connectivity index (χ3v) is 5.48. The molecular weight excluding hydrogens is 424 g/mol. The summed E-state index contributed by atoms with van der Waals surface area (Å²) in [5.41, 5.74) is 4.75. The van der Waals surface area contributed by atoms with Gasteiger partial charge in [0.2, 0.25) is 0 Å². The first-order chi connectivity index (χ1) is 13.4. The Hall–Kier alpha value is -3.08. The number of non-ortho nitro benzene ring substituents is 1. The molecule has 3 aromatic rings. The molecule has 3 N–H and O–H groups in total. The molecule has 0 saturated heterocycles. The van der Waals surface area contributed by atoms with Crippen molar-refractivity contribution >= 4 is 67.9 Å². The van der Waals surface area contributed by atoms with E-state index in [0.717, 1.165) is 10.1 Å². The summed E-state index contributed by atoms with van der Waals surface area (Å²) in [5, 5.41) is 14.0. The Morgan fingerprint density at radius 2 is 1.71 bits per heavy atom. The third-order valence-electron chi connectivity index (χ3n) is 3.60. The molecule has 0 unspecified atom stereocenters. The van der Waals surface area contributed by atoms with Crippen LogP contribution in [0.2, 0.25) is 5.02 Å². The second-order valence-electron chi connectivity index (χ2n) is 5.41. The lowest BCUT2D eigenvalue weighted by Crippen LogP contribution is -2.48. The molecule has 3 rings (SSSR count). The van der Waals surface area contributed by atoms with Gasteiger partial charge < -0.3 is 0 Å². The SMILES string of the molecule is O=C(NNC(=S)NC(=O)c1sc2ccccc2c1Cl)c1ccc([N+](=O)[O-])cc1. The van der Waals surface area contributed by atoms with Crippen LogP contribution in [0.3, 0.4) is 0 Å². The number of hydrogen-bond donors (Lipinski definition) is 3. The quantitative estimate of drug-likeness (QED) is 0.330. The van der Waals surface area contributed by atoms with Gasteiger partial charge in [-0.1, -0.05) is 29.8 Å². The van der Waals surface area contributed by atoms with Gasteiger partial charge in [-0.25, -0.2) is 0 Å². The highest BCUT2D eigenvalue weighted by Crippen LogP contribution is 2.34. The summed E-state index contributed by atoms with van der Waals surface area (Å²) in [4.78, 5) is 34.8. The summed E-state index contributed by atoms with van der Waals surface area (Å²) in [6.07, 6.45) is 0. The highest BCUT2D eigenvalue weighted by Gasteiger charge is 2.18. The Morgan fingerprint density at radius 1 is 1.04 bits per heavy atom. The van der Waals surface area contributed by atoms with Gasteiger partial charge in [-0.05, 0) is 30.4 Å². The van der Waals surface area contributed by atoms with Crippen molar-refractivity contribution in [1.29, 1.82) is 0 Å². The number of hydrazine groups is 1. The van der Waals surface area contributed by atoms with E-state index in [1.54, 1.807) is 0 Å². The van der Waals surface area contributed by atoms with Crippen LogP contribution in [0.4, 0.5) is 5.69 Å². The number of carbonyl (C=O) groups excluding carboxylic acids is 2. The zero-order valence-corrected chi connectivity index (χ0v) is 16.3. The van der Waals surface area contributed by atoms with E-state index in [-0.39, 0.29) is 16.4 Å². The van der Waals surface area contributed by atoms with Gasteiger partial charge in [0.25, 0.3) is 17.5 Å². The molecule has 11 heteroatoms. The number of thiophene rings is 1. The Morgan fingerprint density at radius 3 is 2.36 bits per heavy atom. The van der Waals surface area contributed by atoms with Crippen molar-refractivity contribution in [2.24, 2.45) is 0 Å². The fourth-order valence-corrected chi connectivity index (χ4v) is 3.83. The van der Waals surface area contributed by atoms with Gasteiger partial charge >= 0.3 is 0 Å². The first-order valence-corrected chi connectivity index (χ1v) is 9.30. The summed E-state index contributed by atoms with van der Waals surface area (Å²) >= 11 is 12.5. The number of nitro groups is 1. The number of thiocarbonyl (C=S) groups is 1. The molecule has 0 saturated carbocycles. The summed E-state index contributed by atoms with van der Waals surface area (Å²) in [7, 11) is 0. The molecular formula is C17H11ClN4O4S2. The van der Waals surface area contributed by atoms with Crippen LogP contribution in [0.15, 0.2) is 48.5 Å². The van der Waals surface area contributed by atoms with E-state index < -0.39 is 16.7 Å². The van der Waals surface area contributed by atoms with Crippen LogP contribution < -0.4 is 16.2 Å². The lowest BCUT2D eigenvalue weighted by molar-refractivity contribution is -0.384. The van der Waals surface area contributed by atoms with Gasteiger partial charge in [-0.15, -0.1) is 11.3 Å². The van der Waals surface area contributed by atoms with E-state index in [0.29, 0.717) is 9.90 Å². The maximum Gasteiger partial charge on any atom is 0.269 e. The molecule has 0 aliphatic rings. The van der Waals surface area contributed by atoms with Crippen LogP contribution in [-0.2, 0) is 0 Å². The van der Waals surface area contributed by atoms with Crippen molar-refractivity contribution in [3.8, 4) is 0 Å². The van der Waals surface area contributed by atoms with E-state index >= 15 is 0 Å². The Kier molecular flexibility index (Phi) is 5.83. The fourth-order valence-electron chi connectivity index (χ4n) is 2.27. The van der Waals surface area contributed by atoms with Crippen molar-refractivity contribution in [2.45, 2.75) is 0 Å². The maximum atomic E-state index is 12.4. The fraction of sp³-hybridized carbons (Fsp3) is 0. The van der Waals surface area contributed by atoms with Crippen LogP contribution >= 0.6 is 35.2 Å². The molecule has 142 valence electrons. The van der Waals surface area contributed by atoms with Crippen molar-refractivity contribution in [3.63, 3.8) is 0 Å². The number of benzene rings is 2. The van der Waals surface area contributed by atoms with Gasteiger partial charge in [0.15, 0.2) is 5.11 Å². The Labute approximate surface area is 172 Å². The molecule has 8 nitrogen and oxygen atoms in total. The third kappa shape index (κ3) is 4.25. The minimum absolute atomic E-state index is 0.131.